The Kier molecular flexibility index (Phi) is 5.76. The molecule has 1 aliphatic heterocycles. The van der Waals surface area contributed by atoms with Crippen LogP contribution in [0.4, 0.5) is 5.82 Å². The zero-order valence-corrected chi connectivity index (χ0v) is 13.1. The summed E-state index contributed by atoms with van der Waals surface area (Å²) in [5, 5.41) is 11.3. The topological polar surface area (TPSA) is 67.3 Å². The molecular formula is C14H21ClN4O2. The summed E-state index contributed by atoms with van der Waals surface area (Å²) in [5.41, 5.74) is 0. The summed E-state index contributed by atoms with van der Waals surface area (Å²) in [6.45, 7) is 4.07. The molecule has 0 radical (unpaired) electrons. The molecule has 21 heavy (non-hydrogen) atoms. The van der Waals surface area contributed by atoms with Gasteiger partial charge in [-0.15, -0.1) is 10.2 Å². The van der Waals surface area contributed by atoms with Crippen LogP contribution in [0.15, 0.2) is 12.1 Å². The second kappa shape index (κ2) is 7.56. The van der Waals surface area contributed by atoms with Gasteiger partial charge in [-0.3, -0.25) is 4.79 Å². The lowest BCUT2D eigenvalue weighted by molar-refractivity contribution is -0.126. The Bertz CT molecular complexity index is 461. The number of carbonyl (C=O) groups is 1. The summed E-state index contributed by atoms with van der Waals surface area (Å²) in [5.74, 6) is 0.980. The minimum Gasteiger partial charge on any atom is -0.383 e. The maximum atomic E-state index is 12.1. The second-order valence-corrected chi connectivity index (χ2v) is 5.73. The quantitative estimate of drug-likeness (QED) is 0.892. The lowest BCUT2D eigenvalue weighted by Gasteiger charge is -2.32. The average molecular weight is 313 g/mol. The number of hydrogen-bond acceptors (Lipinski definition) is 5. The van der Waals surface area contributed by atoms with Crippen LogP contribution in [-0.4, -0.2) is 49.0 Å². The van der Waals surface area contributed by atoms with E-state index >= 15 is 0 Å². The number of hydrogen-bond donors (Lipinski definition) is 1. The summed E-state index contributed by atoms with van der Waals surface area (Å²) in [7, 11) is 1.63. The first-order chi connectivity index (χ1) is 10.1. The summed E-state index contributed by atoms with van der Waals surface area (Å²) in [4.78, 5) is 14.3. The molecule has 1 N–H and O–H groups in total. The van der Waals surface area contributed by atoms with Gasteiger partial charge in [-0.2, -0.15) is 0 Å². The lowest BCUT2D eigenvalue weighted by atomic mass is 9.95. The van der Waals surface area contributed by atoms with Gasteiger partial charge in [0.1, 0.15) is 0 Å². The third kappa shape index (κ3) is 4.54. The summed E-state index contributed by atoms with van der Waals surface area (Å²) >= 11 is 5.73. The Morgan fingerprint density at radius 1 is 1.48 bits per heavy atom. The highest BCUT2D eigenvalue weighted by Crippen LogP contribution is 2.22. The number of methoxy groups -OCH3 is 1. The van der Waals surface area contributed by atoms with Gasteiger partial charge in [0.05, 0.1) is 6.61 Å². The van der Waals surface area contributed by atoms with Gasteiger partial charge in [0.25, 0.3) is 0 Å². The molecule has 0 aromatic carbocycles. The molecule has 1 amide bonds. The van der Waals surface area contributed by atoms with Gasteiger partial charge >= 0.3 is 0 Å². The first-order valence-corrected chi connectivity index (χ1v) is 7.51. The van der Waals surface area contributed by atoms with E-state index in [0.29, 0.717) is 11.8 Å². The van der Waals surface area contributed by atoms with Crippen molar-refractivity contribution in [2.24, 2.45) is 5.92 Å². The average Bonchev–Trinajstić information content (AvgIpc) is 2.48. The molecule has 1 saturated heterocycles. The van der Waals surface area contributed by atoms with E-state index in [1.54, 1.807) is 13.2 Å². The molecule has 1 aromatic heterocycles. The number of piperidine rings is 1. The van der Waals surface area contributed by atoms with Gasteiger partial charge in [0.15, 0.2) is 11.0 Å². The zero-order chi connectivity index (χ0) is 15.2. The van der Waals surface area contributed by atoms with Crippen LogP contribution >= 0.6 is 11.6 Å². The third-order valence-corrected chi connectivity index (χ3v) is 3.81. The monoisotopic (exact) mass is 312 g/mol. The maximum Gasteiger partial charge on any atom is 0.223 e. The van der Waals surface area contributed by atoms with Crippen LogP contribution in [0.1, 0.15) is 19.8 Å². The van der Waals surface area contributed by atoms with E-state index < -0.39 is 0 Å². The minimum absolute atomic E-state index is 0.0441. The molecule has 1 atom stereocenters. The normalized spacial score (nSPS) is 17.6. The van der Waals surface area contributed by atoms with E-state index in [4.69, 9.17) is 16.3 Å². The number of ether oxygens (including phenoxy) is 1. The van der Waals surface area contributed by atoms with Crippen LogP contribution in [0.3, 0.4) is 0 Å². The fourth-order valence-electron chi connectivity index (χ4n) is 2.50. The molecule has 0 bridgehead atoms. The molecule has 0 saturated carbocycles. The molecule has 116 valence electrons. The van der Waals surface area contributed by atoms with E-state index in [2.05, 4.69) is 20.4 Å². The van der Waals surface area contributed by atoms with Crippen molar-refractivity contribution in [2.75, 3.05) is 31.7 Å². The van der Waals surface area contributed by atoms with Crippen molar-refractivity contribution in [2.45, 2.75) is 25.8 Å². The smallest absolute Gasteiger partial charge is 0.223 e. The van der Waals surface area contributed by atoms with Crippen molar-refractivity contribution in [1.29, 1.82) is 0 Å². The predicted molar refractivity (Wildman–Crippen MR) is 81.5 cm³/mol. The second-order valence-electron chi connectivity index (χ2n) is 5.34. The minimum atomic E-state index is 0.0441. The van der Waals surface area contributed by atoms with E-state index in [-0.39, 0.29) is 17.9 Å². The number of anilines is 1. The molecule has 1 fully saturated rings. The molecule has 7 heteroatoms. The molecule has 0 aliphatic carbocycles. The Hall–Kier alpha value is -1.40. The standard InChI is InChI=1S/C14H21ClN4O2/c1-10(9-21-2)16-14(20)11-5-7-19(8-6-11)13-4-3-12(15)17-18-13/h3-4,10-11H,5-9H2,1-2H3,(H,16,20)/t10-/m0/s1. The zero-order valence-electron chi connectivity index (χ0n) is 12.4. The number of nitrogens with one attached hydrogen (secondary N) is 1. The van der Waals surface area contributed by atoms with Crippen LogP contribution in [-0.2, 0) is 9.53 Å². The summed E-state index contributed by atoms with van der Waals surface area (Å²) in [6.07, 6.45) is 1.63. The number of amides is 1. The highest BCUT2D eigenvalue weighted by molar-refractivity contribution is 6.29. The van der Waals surface area contributed by atoms with E-state index in [0.717, 1.165) is 31.7 Å². The summed E-state index contributed by atoms with van der Waals surface area (Å²) in [6, 6.07) is 3.63. The Labute approximate surface area is 129 Å². The van der Waals surface area contributed by atoms with Gasteiger partial charge in [-0.25, -0.2) is 0 Å². The lowest BCUT2D eigenvalue weighted by Crippen LogP contribution is -2.44. The Balaban J connectivity index is 1.82. The predicted octanol–water partition coefficient (Wildman–Crippen LogP) is 1.50. The van der Waals surface area contributed by atoms with Crippen molar-refractivity contribution in [3.63, 3.8) is 0 Å². The highest BCUT2D eigenvalue weighted by Gasteiger charge is 2.26. The number of rotatable bonds is 5. The maximum absolute atomic E-state index is 12.1. The fourth-order valence-corrected chi connectivity index (χ4v) is 2.60. The Morgan fingerprint density at radius 2 is 2.19 bits per heavy atom. The number of carbonyl (C=O) groups excluding carboxylic acids is 1. The molecule has 1 aliphatic rings. The van der Waals surface area contributed by atoms with E-state index in [1.807, 2.05) is 13.0 Å². The van der Waals surface area contributed by atoms with Crippen molar-refractivity contribution >= 4 is 23.3 Å². The number of nitrogens with zero attached hydrogens (tertiary/aromatic N) is 3. The molecule has 0 spiro atoms. The number of aromatic nitrogens is 2. The Morgan fingerprint density at radius 3 is 2.76 bits per heavy atom. The molecular weight excluding hydrogens is 292 g/mol. The highest BCUT2D eigenvalue weighted by atomic mass is 35.5. The summed E-state index contributed by atoms with van der Waals surface area (Å²) < 4.78 is 5.03. The van der Waals surface area contributed by atoms with Crippen molar-refractivity contribution in [3.05, 3.63) is 17.3 Å². The van der Waals surface area contributed by atoms with E-state index in [9.17, 15) is 4.79 Å². The van der Waals surface area contributed by atoms with Crippen LogP contribution in [0.5, 0.6) is 0 Å². The molecule has 0 unspecified atom stereocenters. The number of halogens is 1. The van der Waals surface area contributed by atoms with E-state index in [1.165, 1.54) is 0 Å². The van der Waals surface area contributed by atoms with Gasteiger partial charge in [0, 0.05) is 32.2 Å². The molecule has 1 aromatic rings. The van der Waals surface area contributed by atoms with Crippen LogP contribution < -0.4 is 10.2 Å². The fraction of sp³-hybridized carbons (Fsp3) is 0.643. The SMILES string of the molecule is COC[C@H](C)NC(=O)C1CCN(c2ccc(Cl)nn2)CC1. The van der Waals surface area contributed by atoms with Crippen LogP contribution in [0.2, 0.25) is 5.15 Å². The third-order valence-electron chi connectivity index (χ3n) is 3.61. The van der Waals surface area contributed by atoms with Gasteiger partial charge < -0.3 is 15.0 Å². The van der Waals surface area contributed by atoms with Crippen LogP contribution in [0, 0.1) is 5.92 Å². The van der Waals surface area contributed by atoms with Crippen molar-refractivity contribution < 1.29 is 9.53 Å². The molecule has 2 rings (SSSR count). The first-order valence-electron chi connectivity index (χ1n) is 7.13. The van der Waals surface area contributed by atoms with Crippen molar-refractivity contribution in [3.8, 4) is 0 Å². The van der Waals surface area contributed by atoms with Gasteiger partial charge in [-0.05, 0) is 31.9 Å². The first kappa shape index (κ1) is 16.0. The van der Waals surface area contributed by atoms with Crippen LogP contribution in [0.25, 0.3) is 0 Å². The molecule has 6 nitrogen and oxygen atoms in total. The van der Waals surface area contributed by atoms with Crippen molar-refractivity contribution in [1.82, 2.24) is 15.5 Å². The largest absolute Gasteiger partial charge is 0.383 e. The molecule has 2 heterocycles. The van der Waals surface area contributed by atoms with Gasteiger partial charge in [0.2, 0.25) is 5.91 Å². The van der Waals surface area contributed by atoms with Gasteiger partial charge in [-0.1, -0.05) is 11.6 Å².